The summed E-state index contributed by atoms with van der Waals surface area (Å²) in [6, 6.07) is 0. The summed E-state index contributed by atoms with van der Waals surface area (Å²) in [5.41, 5.74) is -0.422. The lowest BCUT2D eigenvalue weighted by molar-refractivity contribution is -0.120. The van der Waals surface area contributed by atoms with Gasteiger partial charge in [-0.3, -0.25) is 4.79 Å². The van der Waals surface area contributed by atoms with Crippen LogP contribution in [-0.2, 0) is 15.1 Å². The van der Waals surface area contributed by atoms with E-state index in [4.69, 9.17) is 9.26 Å². The van der Waals surface area contributed by atoms with Crippen molar-refractivity contribution in [3.63, 3.8) is 0 Å². The zero-order chi connectivity index (χ0) is 13.9. The van der Waals surface area contributed by atoms with Crippen LogP contribution in [0.2, 0.25) is 0 Å². The average Bonchev–Trinajstić information content (AvgIpc) is 2.96. The summed E-state index contributed by atoms with van der Waals surface area (Å²) in [4.78, 5) is 16.1. The molecule has 1 aromatic heterocycles. The van der Waals surface area contributed by atoms with Gasteiger partial charge in [-0.25, -0.2) is 0 Å². The molecule has 1 heterocycles. The van der Waals surface area contributed by atoms with Gasteiger partial charge in [-0.2, -0.15) is 4.98 Å². The highest BCUT2D eigenvalue weighted by molar-refractivity contribution is 5.83. The van der Waals surface area contributed by atoms with E-state index in [9.17, 15) is 4.79 Å². The Bertz CT molecular complexity index is 436. The number of carbonyl (C=O) groups excluding carboxylic acids is 1. The predicted molar refractivity (Wildman–Crippen MR) is 69.8 cm³/mol. The lowest BCUT2D eigenvalue weighted by atomic mass is 9.84. The molecule has 1 unspecified atom stereocenters. The van der Waals surface area contributed by atoms with Crippen LogP contribution in [0, 0.1) is 0 Å². The second-order valence-corrected chi connectivity index (χ2v) is 5.26. The molecule has 19 heavy (non-hydrogen) atoms. The molecular formula is C14H22N2O3. The smallest absolute Gasteiger partial charge is 0.237 e. The minimum Gasteiger partial charge on any atom is -0.370 e. The zero-order valence-electron chi connectivity index (χ0n) is 11.9. The van der Waals surface area contributed by atoms with E-state index in [0.29, 0.717) is 18.1 Å². The SMILES string of the molecule is CCC(=O)C(C)c1nc(C2(OC)CCCCC2)no1. The number of ether oxygens (including phenoxy) is 1. The molecule has 0 saturated heterocycles. The normalized spacial score (nSPS) is 20.2. The Morgan fingerprint density at radius 2 is 2.11 bits per heavy atom. The molecule has 1 fully saturated rings. The fourth-order valence-electron chi connectivity index (χ4n) is 2.68. The number of hydrogen-bond donors (Lipinski definition) is 0. The predicted octanol–water partition coefficient (Wildman–Crippen LogP) is 2.96. The molecule has 2 rings (SSSR count). The summed E-state index contributed by atoms with van der Waals surface area (Å²) in [6.07, 6.45) is 5.76. The summed E-state index contributed by atoms with van der Waals surface area (Å²) in [5.74, 6) is 0.790. The molecule has 5 nitrogen and oxygen atoms in total. The first-order valence-electron chi connectivity index (χ1n) is 7.05. The first-order chi connectivity index (χ1) is 9.13. The van der Waals surface area contributed by atoms with Crippen molar-refractivity contribution >= 4 is 5.78 Å². The van der Waals surface area contributed by atoms with Gasteiger partial charge in [-0.05, 0) is 19.8 Å². The highest BCUT2D eigenvalue weighted by Crippen LogP contribution is 2.38. The van der Waals surface area contributed by atoms with Gasteiger partial charge in [0.25, 0.3) is 0 Å². The van der Waals surface area contributed by atoms with Crippen molar-refractivity contribution in [3.05, 3.63) is 11.7 Å². The maximum atomic E-state index is 11.7. The van der Waals surface area contributed by atoms with Gasteiger partial charge in [0.1, 0.15) is 11.4 Å². The Kier molecular flexibility index (Phi) is 4.34. The van der Waals surface area contributed by atoms with E-state index in [1.807, 2.05) is 13.8 Å². The number of nitrogens with zero attached hydrogens (tertiary/aromatic N) is 2. The van der Waals surface area contributed by atoms with E-state index in [-0.39, 0.29) is 11.7 Å². The molecule has 1 aromatic rings. The third-order valence-corrected chi connectivity index (χ3v) is 4.10. The molecular weight excluding hydrogens is 244 g/mol. The lowest BCUT2D eigenvalue weighted by Gasteiger charge is -2.32. The Morgan fingerprint density at radius 3 is 2.68 bits per heavy atom. The van der Waals surface area contributed by atoms with Gasteiger partial charge < -0.3 is 9.26 Å². The number of ketones is 1. The second-order valence-electron chi connectivity index (χ2n) is 5.26. The van der Waals surface area contributed by atoms with Crippen molar-refractivity contribution in [3.8, 4) is 0 Å². The van der Waals surface area contributed by atoms with Crippen molar-refractivity contribution in [2.24, 2.45) is 0 Å². The number of Topliss-reactive ketones (excluding diaryl/α,β-unsaturated/α-hetero) is 1. The minimum absolute atomic E-state index is 0.116. The molecule has 106 valence electrons. The Balaban J connectivity index is 2.21. The standard InChI is InChI=1S/C14H22N2O3/c1-4-11(17)10(2)12-15-13(16-19-12)14(18-3)8-6-5-7-9-14/h10H,4-9H2,1-3H3. The molecule has 0 aromatic carbocycles. The Labute approximate surface area is 113 Å². The van der Waals surface area contributed by atoms with Crippen LogP contribution < -0.4 is 0 Å². The van der Waals surface area contributed by atoms with Crippen LogP contribution in [0.1, 0.15) is 70.0 Å². The van der Waals surface area contributed by atoms with Crippen molar-refractivity contribution in [2.75, 3.05) is 7.11 Å². The number of carbonyl (C=O) groups is 1. The topological polar surface area (TPSA) is 65.2 Å². The largest absolute Gasteiger partial charge is 0.370 e. The van der Waals surface area contributed by atoms with Crippen LogP contribution in [0.4, 0.5) is 0 Å². The molecule has 0 amide bonds. The molecule has 1 aliphatic carbocycles. The molecule has 0 spiro atoms. The van der Waals surface area contributed by atoms with E-state index in [0.717, 1.165) is 25.7 Å². The van der Waals surface area contributed by atoms with E-state index in [1.165, 1.54) is 6.42 Å². The van der Waals surface area contributed by atoms with Gasteiger partial charge >= 0.3 is 0 Å². The Morgan fingerprint density at radius 1 is 1.42 bits per heavy atom. The minimum atomic E-state index is -0.422. The monoisotopic (exact) mass is 266 g/mol. The van der Waals surface area contributed by atoms with Crippen LogP contribution >= 0.6 is 0 Å². The van der Waals surface area contributed by atoms with Gasteiger partial charge in [0.15, 0.2) is 0 Å². The average molecular weight is 266 g/mol. The lowest BCUT2D eigenvalue weighted by Crippen LogP contribution is -2.32. The summed E-state index contributed by atoms with van der Waals surface area (Å²) in [7, 11) is 1.70. The van der Waals surface area contributed by atoms with Gasteiger partial charge in [0.2, 0.25) is 11.7 Å². The number of methoxy groups -OCH3 is 1. The van der Waals surface area contributed by atoms with E-state index in [2.05, 4.69) is 10.1 Å². The molecule has 0 bridgehead atoms. The summed E-state index contributed by atoms with van der Waals surface area (Å²) in [5, 5.41) is 4.06. The van der Waals surface area contributed by atoms with Crippen molar-refractivity contribution in [1.82, 2.24) is 10.1 Å². The number of rotatable bonds is 5. The van der Waals surface area contributed by atoms with Crippen molar-refractivity contribution < 1.29 is 14.1 Å². The van der Waals surface area contributed by atoms with Crippen LogP contribution in [-0.4, -0.2) is 23.0 Å². The van der Waals surface area contributed by atoms with E-state index < -0.39 is 5.60 Å². The second kappa shape index (κ2) is 5.82. The quantitative estimate of drug-likeness (QED) is 0.819. The van der Waals surface area contributed by atoms with Gasteiger partial charge in [-0.1, -0.05) is 31.3 Å². The van der Waals surface area contributed by atoms with E-state index >= 15 is 0 Å². The summed E-state index contributed by atoms with van der Waals surface area (Å²) >= 11 is 0. The van der Waals surface area contributed by atoms with Crippen LogP contribution in [0.3, 0.4) is 0 Å². The van der Waals surface area contributed by atoms with Crippen LogP contribution in [0.5, 0.6) is 0 Å². The molecule has 5 heteroatoms. The molecule has 0 radical (unpaired) electrons. The first-order valence-corrected chi connectivity index (χ1v) is 7.05. The molecule has 1 aliphatic rings. The van der Waals surface area contributed by atoms with Gasteiger partial charge in [-0.15, -0.1) is 0 Å². The molecule has 1 saturated carbocycles. The van der Waals surface area contributed by atoms with Crippen LogP contribution in [0.15, 0.2) is 4.52 Å². The highest BCUT2D eigenvalue weighted by atomic mass is 16.5. The molecule has 0 N–H and O–H groups in total. The van der Waals surface area contributed by atoms with Crippen molar-refractivity contribution in [1.29, 1.82) is 0 Å². The maximum Gasteiger partial charge on any atom is 0.237 e. The van der Waals surface area contributed by atoms with Crippen LogP contribution in [0.25, 0.3) is 0 Å². The zero-order valence-corrected chi connectivity index (χ0v) is 11.9. The number of hydrogen-bond acceptors (Lipinski definition) is 5. The fraction of sp³-hybridized carbons (Fsp3) is 0.786. The molecule has 0 aliphatic heterocycles. The molecule has 1 atom stereocenters. The maximum absolute atomic E-state index is 11.7. The van der Waals surface area contributed by atoms with Gasteiger partial charge in [0, 0.05) is 13.5 Å². The Hall–Kier alpha value is -1.23. The highest BCUT2D eigenvalue weighted by Gasteiger charge is 2.39. The third kappa shape index (κ3) is 2.71. The summed E-state index contributed by atoms with van der Waals surface area (Å²) < 4.78 is 10.9. The first kappa shape index (κ1) is 14.2. The fourth-order valence-corrected chi connectivity index (χ4v) is 2.68. The van der Waals surface area contributed by atoms with E-state index in [1.54, 1.807) is 7.11 Å². The van der Waals surface area contributed by atoms with Crippen molar-refractivity contribution in [2.45, 2.75) is 63.9 Å². The third-order valence-electron chi connectivity index (χ3n) is 4.10. The summed E-state index contributed by atoms with van der Waals surface area (Å²) in [6.45, 7) is 3.65. The van der Waals surface area contributed by atoms with Gasteiger partial charge in [0.05, 0.1) is 5.92 Å². The number of aromatic nitrogens is 2.